The van der Waals surface area contributed by atoms with Gasteiger partial charge in [-0.25, -0.2) is 4.79 Å². The van der Waals surface area contributed by atoms with Crippen LogP contribution in [0.25, 0.3) is 0 Å². The van der Waals surface area contributed by atoms with E-state index in [4.69, 9.17) is 11.6 Å². The van der Waals surface area contributed by atoms with Crippen LogP contribution in [0.4, 0.5) is 5.69 Å². The number of carbonyl (C=O) groups is 2. The minimum absolute atomic E-state index is 0.285. The minimum Gasteiger partial charge on any atom is -0.465 e. The quantitative estimate of drug-likeness (QED) is 0.651. The summed E-state index contributed by atoms with van der Waals surface area (Å²) in [6.45, 7) is 1.58. The van der Waals surface area contributed by atoms with E-state index in [1.807, 2.05) is 0 Å². The van der Waals surface area contributed by atoms with Crippen LogP contribution in [0.15, 0.2) is 24.3 Å². The summed E-state index contributed by atoms with van der Waals surface area (Å²) in [5, 5.41) is 2.01. The van der Waals surface area contributed by atoms with Gasteiger partial charge < -0.3 is 10.1 Å². The number of benzene rings is 1. The number of ether oxygens (including phenoxy) is 1. The summed E-state index contributed by atoms with van der Waals surface area (Å²) in [6.07, 6.45) is 0. The van der Waals surface area contributed by atoms with Gasteiger partial charge in [-0.2, -0.15) is 0 Å². The average molecular weight is 242 g/mol. The van der Waals surface area contributed by atoms with Gasteiger partial charge in [0.25, 0.3) is 0 Å². The summed E-state index contributed by atoms with van der Waals surface area (Å²) in [4.78, 5) is 22.4. The van der Waals surface area contributed by atoms with Crippen molar-refractivity contribution in [3.8, 4) is 0 Å². The number of nitrogens with one attached hydrogen (secondary N) is 1. The van der Waals surface area contributed by atoms with Gasteiger partial charge in [0.15, 0.2) is 0 Å². The summed E-state index contributed by atoms with van der Waals surface area (Å²) in [6, 6.07) is 6.37. The monoisotopic (exact) mass is 241 g/mol. The molecule has 86 valence electrons. The number of hydrogen-bond donors (Lipinski definition) is 1. The van der Waals surface area contributed by atoms with E-state index in [0.29, 0.717) is 11.3 Å². The van der Waals surface area contributed by atoms with Gasteiger partial charge in [0.1, 0.15) is 5.38 Å². The molecule has 0 saturated heterocycles. The number of methoxy groups -OCH3 is 1. The number of rotatable bonds is 3. The number of carbonyl (C=O) groups excluding carboxylic acids is 2. The summed E-state index contributed by atoms with van der Waals surface area (Å²) in [5.41, 5.74) is 1.02. The first-order valence-electron chi connectivity index (χ1n) is 4.68. The van der Waals surface area contributed by atoms with E-state index in [-0.39, 0.29) is 5.91 Å². The molecule has 1 N–H and O–H groups in total. The summed E-state index contributed by atoms with van der Waals surface area (Å²) in [5.74, 6) is -0.698. The van der Waals surface area contributed by atoms with Gasteiger partial charge in [-0.3, -0.25) is 4.79 Å². The normalized spacial score (nSPS) is 11.7. The predicted molar refractivity (Wildman–Crippen MR) is 61.7 cm³/mol. The van der Waals surface area contributed by atoms with Gasteiger partial charge in [0.2, 0.25) is 5.91 Å². The molecule has 0 aliphatic heterocycles. The molecule has 1 rings (SSSR count). The van der Waals surface area contributed by atoms with Gasteiger partial charge in [0.05, 0.1) is 12.7 Å². The van der Waals surface area contributed by atoms with Crippen LogP contribution in [-0.4, -0.2) is 24.4 Å². The van der Waals surface area contributed by atoms with Gasteiger partial charge in [-0.1, -0.05) is 0 Å². The Morgan fingerprint density at radius 2 is 1.88 bits per heavy atom. The maximum atomic E-state index is 11.3. The lowest BCUT2D eigenvalue weighted by Gasteiger charge is -2.06. The van der Waals surface area contributed by atoms with Crippen LogP contribution in [0.5, 0.6) is 0 Å². The van der Waals surface area contributed by atoms with Crippen LogP contribution < -0.4 is 5.32 Å². The summed E-state index contributed by atoms with van der Waals surface area (Å²) in [7, 11) is 1.31. The standard InChI is InChI=1S/C11H12ClNO3/c1-7(12)10(14)13-9-5-3-8(4-6-9)11(15)16-2/h3-7H,1-2H3,(H,13,14)/t7-/m1/s1. The molecule has 0 aliphatic rings. The Hall–Kier alpha value is -1.55. The number of amides is 1. The topological polar surface area (TPSA) is 55.4 Å². The van der Waals surface area contributed by atoms with Crippen LogP contribution >= 0.6 is 11.6 Å². The predicted octanol–water partition coefficient (Wildman–Crippen LogP) is 2.04. The van der Waals surface area contributed by atoms with Crippen molar-refractivity contribution in [2.75, 3.05) is 12.4 Å². The van der Waals surface area contributed by atoms with Crippen LogP contribution in [0.3, 0.4) is 0 Å². The highest BCUT2D eigenvalue weighted by Gasteiger charge is 2.09. The largest absolute Gasteiger partial charge is 0.465 e. The fraction of sp³-hybridized carbons (Fsp3) is 0.273. The number of anilines is 1. The molecule has 0 saturated carbocycles. The van der Waals surface area contributed by atoms with Crippen molar-refractivity contribution >= 4 is 29.2 Å². The highest BCUT2D eigenvalue weighted by atomic mass is 35.5. The second-order valence-electron chi connectivity index (χ2n) is 3.17. The third-order valence-electron chi connectivity index (χ3n) is 1.93. The highest BCUT2D eigenvalue weighted by molar-refractivity contribution is 6.32. The fourth-order valence-electron chi connectivity index (χ4n) is 1.05. The zero-order valence-corrected chi connectivity index (χ0v) is 9.75. The molecule has 4 nitrogen and oxygen atoms in total. The lowest BCUT2D eigenvalue weighted by atomic mass is 10.2. The van der Waals surface area contributed by atoms with E-state index in [2.05, 4.69) is 10.1 Å². The van der Waals surface area contributed by atoms with Crippen molar-refractivity contribution in [2.45, 2.75) is 12.3 Å². The van der Waals surface area contributed by atoms with Crippen molar-refractivity contribution in [3.63, 3.8) is 0 Å². The van der Waals surface area contributed by atoms with Crippen molar-refractivity contribution in [1.82, 2.24) is 0 Å². The van der Waals surface area contributed by atoms with Crippen LogP contribution in [0, 0.1) is 0 Å². The molecule has 0 unspecified atom stereocenters. The van der Waals surface area contributed by atoms with Crippen molar-refractivity contribution in [1.29, 1.82) is 0 Å². The third-order valence-corrected chi connectivity index (χ3v) is 2.13. The third kappa shape index (κ3) is 3.24. The maximum absolute atomic E-state index is 11.3. The minimum atomic E-state index is -0.597. The molecule has 16 heavy (non-hydrogen) atoms. The lowest BCUT2D eigenvalue weighted by molar-refractivity contribution is -0.115. The average Bonchev–Trinajstić information content (AvgIpc) is 2.28. The summed E-state index contributed by atoms with van der Waals surface area (Å²) < 4.78 is 4.55. The molecule has 1 aromatic carbocycles. The Labute approximate surface area is 98.5 Å². The van der Waals surface area contributed by atoms with Gasteiger partial charge >= 0.3 is 5.97 Å². The zero-order valence-electron chi connectivity index (χ0n) is 8.99. The molecule has 1 atom stereocenters. The van der Waals surface area contributed by atoms with Gasteiger partial charge in [-0.05, 0) is 31.2 Å². The van der Waals surface area contributed by atoms with Crippen LogP contribution in [-0.2, 0) is 9.53 Å². The molecule has 0 heterocycles. The highest BCUT2D eigenvalue weighted by Crippen LogP contribution is 2.11. The van der Waals surface area contributed by atoms with E-state index in [0.717, 1.165) is 0 Å². The first-order chi connectivity index (χ1) is 7.54. The van der Waals surface area contributed by atoms with E-state index in [1.54, 1.807) is 31.2 Å². The number of esters is 1. The molecule has 0 fully saturated rings. The molecule has 0 bridgehead atoms. The molecule has 0 aliphatic carbocycles. The van der Waals surface area contributed by atoms with E-state index in [1.165, 1.54) is 7.11 Å². The fourth-order valence-corrected chi connectivity index (χ4v) is 1.10. The van der Waals surface area contributed by atoms with Crippen molar-refractivity contribution < 1.29 is 14.3 Å². The van der Waals surface area contributed by atoms with E-state index >= 15 is 0 Å². The van der Waals surface area contributed by atoms with Gasteiger partial charge in [0, 0.05) is 5.69 Å². The molecule has 5 heteroatoms. The van der Waals surface area contributed by atoms with Crippen LogP contribution in [0.1, 0.15) is 17.3 Å². The zero-order chi connectivity index (χ0) is 12.1. The number of hydrogen-bond acceptors (Lipinski definition) is 3. The molecule has 0 spiro atoms. The second kappa shape index (κ2) is 5.51. The molecule has 0 aromatic heterocycles. The first-order valence-corrected chi connectivity index (χ1v) is 5.11. The van der Waals surface area contributed by atoms with E-state index in [9.17, 15) is 9.59 Å². The Balaban J connectivity index is 2.72. The van der Waals surface area contributed by atoms with Crippen molar-refractivity contribution in [2.24, 2.45) is 0 Å². The Bertz CT molecular complexity index is 387. The van der Waals surface area contributed by atoms with Crippen LogP contribution in [0.2, 0.25) is 0 Å². The maximum Gasteiger partial charge on any atom is 0.337 e. The summed E-state index contributed by atoms with van der Waals surface area (Å²) >= 11 is 5.60. The molecule has 1 aromatic rings. The molecular formula is C11H12ClNO3. The SMILES string of the molecule is COC(=O)c1ccc(NC(=O)[C@@H](C)Cl)cc1. The lowest BCUT2D eigenvalue weighted by Crippen LogP contribution is -2.20. The number of halogens is 1. The van der Waals surface area contributed by atoms with E-state index < -0.39 is 11.3 Å². The Morgan fingerprint density at radius 3 is 2.31 bits per heavy atom. The molecule has 0 radical (unpaired) electrons. The molecule has 1 amide bonds. The van der Waals surface area contributed by atoms with Gasteiger partial charge in [-0.15, -0.1) is 11.6 Å². The van der Waals surface area contributed by atoms with Crippen molar-refractivity contribution in [3.05, 3.63) is 29.8 Å². The second-order valence-corrected chi connectivity index (χ2v) is 3.83. The first kappa shape index (κ1) is 12.5. The smallest absolute Gasteiger partial charge is 0.337 e. The number of alkyl halides is 1. The Kier molecular flexibility index (Phi) is 4.31. The Morgan fingerprint density at radius 1 is 1.31 bits per heavy atom. The molecular weight excluding hydrogens is 230 g/mol.